The zero-order valence-corrected chi connectivity index (χ0v) is 13.8. The van der Waals surface area contributed by atoms with Crippen molar-refractivity contribution in [2.24, 2.45) is 0 Å². The Balaban J connectivity index is 1.65. The molecule has 0 atom stereocenters. The number of benzene rings is 1. The largest absolute Gasteiger partial charge is 0.333 e. The van der Waals surface area contributed by atoms with Crippen molar-refractivity contribution in [2.75, 3.05) is 16.8 Å². The van der Waals surface area contributed by atoms with E-state index in [1.54, 1.807) is 16.2 Å². The Morgan fingerprint density at radius 1 is 1.35 bits per heavy atom. The zero-order chi connectivity index (χ0) is 16.2. The molecule has 1 saturated heterocycles. The first-order valence-corrected chi connectivity index (χ1v) is 8.50. The number of carbonyl (C=O) groups is 2. The summed E-state index contributed by atoms with van der Waals surface area (Å²) in [4.78, 5) is 26.8. The summed E-state index contributed by atoms with van der Waals surface area (Å²) >= 11 is 1.61. The van der Waals surface area contributed by atoms with Gasteiger partial charge in [-0.05, 0) is 42.5 Å². The molecule has 2 heterocycles. The lowest BCUT2D eigenvalue weighted by Gasteiger charge is -2.19. The lowest BCUT2D eigenvalue weighted by molar-refractivity contribution is -0.117. The molecule has 1 aliphatic heterocycles. The van der Waals surface area contributed by atoms with Crippen LogP contribution in [0.3, 0.4) is 0 Å². The van der Waals surface area contributed by atoms with Crippen LogP contribution in [0.25, 0.3) is 0 Å². The third kappa shape index (κ3) is 3.71. The van der Waals surface area contributed by atoms with Crippen LogP contribution in [0, 0.1) is 6.92 Å². The number of hydrogen-bond acceptors (Lipinski definition) is 3. The highest BCUT2D eigenvalue weighted by molar-refractivity contribution is 7.09. The Hall–Kier alpha value is -2.34. The number of aryl methyl sites for hydroxylation is 1. The molecule has 0 unspecified atom stereocenters. The zero-order valence-electron chi connectivity index (χ0n) is 13.0. The fourth-order valence-electron chi connectivity index (χ4n) is 2.64. The first kappa shape index (κ1) is 15.6. The fourth-order valence-corrected chi connectivity index (χ4v) is 3.28. The molecule has 1 aromatic carbocycles. The molecule has 23 heavy (non-hydrogen) atoms. The van der Waals surface area contributed by atoms with Gasteiger partial charge in [-0.15, -0.1) is 11.3 Å². The minimum absolute atomic E-state index is 0.146. The number of hydrogen-bond donors (Lipinski definition) is 2. The van der Waals surface area contributed by atoms with E-state index in [9.17, 15) is 9.59 Å². The van der Waals surface area contributed by atoms with Crippen LogP contribution in [0.1, 0.15) is 23.3 Å². The average Bonchev–Trinajstić information content (AvgIpc) is 3.19. The molecule has 6 heteroatoms. The molecule has 120 valence electrons. The van der Waals surface area contributed by atoms with Gasteiger partial charge in [0.05, 0.1) is 6.54 Å². The fraction of sp³-hybridized carbons (Fsp3) is 0.294. The van der Waals surface area contributed by atoms with Gasteiger partial charge in [-0.2, -0.15) is 0 Å². The van der Waals surface area contributed by atoms with Gasteiger partial charge >= 0.3 is 6.03 Å². The van der Waals surface area contributed by atoms with Gasteiger partial charge in [0.15, 0.2) is 0 Å². The summed E-state index contributed by atoms with van der Waals surface area (Å²) in [6.45, 7) is 3.22. The Labute approximate surface area is 139 Å². The Morgan fingerprint density at radius 3 is 2.91 bits per heavy atom. The van der Waals surface area contributed by atoms with Crippen LogP contribution in [0.5, 0.6) is 0 Å². The third-order valence-electron chi connectivity index (χ3n) is 3.83. The van der Waals surface area contributed by atoms with Gasteiger partial charge in [0, 0.05) is 29.2 Å². The van der Waals surface area contributed by atoms with Crippen LogP contribution in [0.4, 0.5) is 16.2 Å². The Kier molecular flexibility index (Phi) is 4.62. The second-order valence-corrected chi connectivity index (χ2v) is 6.57. The van der Waals surface area contributed by atoms with E-state index in [1.807, 2.05) is 42.6 Å². The number of carbonyl (C=O) groups excluding carboxylic acids is 2. The smallest absolute Gasteiger partial charge is 0.319 e. The van der Waals surface area contributed by atoms with E-state index in [4.69, 9.17) is 0 Å². The van der Waals surface area contributed by atoms with Gasteiger partial charge in [0.25, 0.3) is 0 Å². The van der Waals surface area contributed by atoms with E-state index in [-0.39, 0.29) is 11.9 Å². The van der Waals surface area contributed by atoms with Crippen molar-refractivity contribution in [3.05, 3.63) is 46.2 Å². The number of nitrogens with zero attached hydrogens (tertiary/aromatic N) is 1. The standard InChI is InChI=1S/C17H19N3O2S/c1-12-6-7-13(10-15(12)20-8-2-5-16(20)21)19-17(22)18-11-14-4-3-9-23-14/h3-4,6-7,9-10H,2,5,8,11H2,1H3,(H2,18,19,22). The van der Waals surface area contributed by atoms with Gasteiger partial charge in [-0.1, -0.05) is 12.1 Å². The van der Waals surface area contributed by atoms with Gasteiger partial charge in [-0.25, -0.2) is 4.79 Å². The van der Waals surface area contributed by atoms with E-state index in [0.29, 0.717) is 18.7 Å². The van der Waals surface area contributed by atoms with Crippen LogP contribution < -0.4 is 15.5 Å². The lowest BCUT2D eigenvalue weighted by atomic mass is 10.1. The van der Waals surface area contributed by atoms with Crippen LogP contribution in [-0.4, -0.2) is 18.5 Å². The van der Waals surface area contributed by atoms with Crippen LogP contribution in [0.15, 0.2) is 35.7 Å². The van der Waals surface area contributed by atoms with Crippen molar-refractivity contribution < 1.29 is 9.59 Å². The summed E-state index contributed by atoms with van der Waals surface area (Å²) in [5.41, 5.74) is 2.60. The molecule has 1 aliphatic rings. The molecular weight excluding hydrogens is 310 g/mol. The second kappa shape index (κ2) is 6.83. The van der Waals surface area contributed by atoms with Crippen molar-refractivity contribution in [3.8, 4) is 0 Å². The predicted molar refractivity (Wildman–Crippen MR) is 92.9 cm³/mol. The molecule has 0 aliphatic carbocycles. The maximum atomic E-state index is 12.0. The van der Waals surface area contributed by atoms with Crippen LogP contribution in [-0.2, 0) is 11.3 Å². The van der Waals surface area contributed by atoms with Crippen molar-refractivity contribution in [3.63, 3.8) is 0 Å². The minimum Gasteiger partial charge on any atom is -0.333 e. The number of thiophene rings is 1. The summed E-state index contributed by atoms with van der Waals surface area (Å²) in [7, 11) is 0. The van der Waals surface area contributed by atoms with E-state index in [0.717, 1.165) is 29.1 Å². The first-order chi connectivity index (χ1) is 11.1. The van der Waals surface area contributed by atoms with E-state index >= 15 is 0 Å². The molecule has 3 rings (SSSR count). The molecule has 0 saturated carbocycles. The quantitative estimate of drug-likeness (QED) is 0.902. The molecule has 2 aromatic rings. The topological polar surface area (TPSA) is 61.4 Å². The molecule has 0 radical (unpaired) electrons. The predicted octanol–water partition coefficient (Wildman–Crippen LogP) is 3.51. The monoisotopic (exact) mass is 329 g/mol. The normalized spacial score (nSPS) is 14.1. The van der Waals surface area contributed by atoms with E-state index in [2.05, 4.69) is 10.6 Å². The van der Waals surface area contributed by atoms with Crippen molar-refractivity contribution in [1.29, 1.82) is 0 Å². The minimum atomic E-state index is -0.249. The molecule has 2 N–H and O–H groups in total. The van der Waals surface area contributed by atoms with Gasteiger partial charge < -0.3 is 15.5 Å². The number of anilines is 2. The lowest BCUT2D eigenvalue weighted by Crippen LogP contribution is -2.28. The van der Waals surface area contributed by atoms with Crippen LogP contribution in [0.2, 0.25) is 0 Å². The molecular formula is C17H19N3O2S. The molecule has 0 bridgehead atoms. The molecule has 5 nitrogen and oxygen atoms in total. The molecule has 0 spiro atoms. The molecule has 1 aromatic heterocycles. The Morgan fingerprint density at radius 2 is 2.22 bits per heavy atom. The maximum absolute atomic E-state index is 12.0. The van der Waals surface area contributed by atoms with Crippen LogP contribution >= 0.6 is 11.3 Å². The van der Waals surface area contributed by atoms with Gasteiger partial charge in [0.1, 0.15) is 0 Å². The maximum Gasteiger partial charge on any atom is 0.319 e. The highest BCUT2D eigenvalue weighted by Gasteiger charge is 2.23. The summed E-state index contributed by atoms with van der Waals surface area (Å²) < 4.78 is 0. The van der Waals surface area contributed by atoms with E-state index < -0.39 is 0 Å². The number of amides is 3. The highest BCUT2D eigenvalue weighted by Crippen LogP contribution is 2.28. The van der Waals surface area contributed by atoms with Crippen molar-refractivity contribution in [2.45, 2.75) is 26.3 Å². The summed E-state index contributed by atoms with van der Waals surface area (Å²) in [5.74, 6) is 0.146. The van der Waals surface area contributed by atoms with Gasteiger partial charge in [-0.3, -0.25) is 4.79 Å². The number of rotatable bonds is 4. The van der Waals surface area contributed by atoms with Gasteiger partial charge in [0.2, 0.25) is 5.91 Å². The summed E-state index contributed by atoms with van der Waals surface area (Å²) in [6, 6.07) is 9.33. The summed E-state index contributed by atoms with van der Waals surface area (Å²) in [5, 5.41) is 7.63. The first-order valence-electron chi connectivity index (χ1n) is 7.62. The SMILES string of the molecule is Cc1ccc(NC(=O)NCc2cccs2)cc1N1CCCC1=O. The molecule has 3 amide bonds. The van der Waals surface area contributed by atoms with Crippen molar-refractivity contribution in [1.82, 2.24) is 5.32 Å². The van der Waals surface area contributed by atoms with Crippen molar-refractivity contribution >= 4 is 34.6 Å². The number of nitrogens with one attached hydrogen (secondary N) is 2. The number of urea groups is 1. The second-order valence-electron chi connectivity index (χ2n) is 5.54. The highest BCUT2D eigenvalue weighted by atomic mass is 32.1. The third-order valence-corrected chi connectivity index (χ3v) is 4.71. The average molecular weight is 329 g/mol. The summed E-state index contributed by atoms with van der Waals surface area (Å²) in [6.07, 6.45) is 1.48. The van der Waals surface area contributed by atoms with E-state index in [1.165, 1.54) is 0 Å². The molecule has 1 fully saturated rings. The Bertz CT molecular complexity index is 713.